The molecule has 0 aromatic carbocycles. The Morgan fingerprint density at radius 2 is 2.10 bits per heavy atom. The van der Waals surface area contributed by atoms with Gasteiger partial charge in [0.05, 0.1) is 18.8 Å². The lowest BCUT2D eigenvalue weighted by Gasteiger charge is -2.30. The second-order valence-corrected chi connectivity index (χ2v) is 5.88. The maximum atomic E-state index is 5.96. The van der Waals surface area contributed by atoms with Crippen molar-refractivity contribution in [2.45, 2.75) is 31.9 Å². The molecule has 3 heterocycles. The van der Waals surface area contributed by atoms with E-state index in [2.05, 4.69) is 21.2 Å². The molecule has 2 fully saturated rings. The van der Waals surface area contributed by atoms with Gasteiger partial charge in [-0.15, -0.1) is 0 Å². The summed E-state index contributed by atoms with van der Waals surface area (Å²) in [6, 6.07) is 1.95. The molecule has 1 saturated carbocycles. The molecule has 5 nitrogen and oxygen atoms in total. The van der Waals surface area contributed by atoms with Crippen molar-refractivity contribution in [3.05, 3.63) is 30.9 Å². The summed E-state index contributed by atoms with van der Waals surface area (Å²) in [5.41, 5.74) is 2.13. The molecule has 0 spiro atoms. The Labute approximate surface area is 124 Å². The van der Waals surface area contributed by atoms with Crippen LogP contribution in [0.2, 0.25) is 0 Å². The topological polar surface area (TPSA) is 43.2 Å². The van der Waals surface area contributed by atoms with E-state index in [9.17, 15) is 0 Å². The monoisotopic (exact) mass is 284 g/mol. The minimum atomic E-state index is 0.396. The number of nitrogens with zero attached hydrogens (tertiary/aromatic N) is 4. The minimum Gasteiger partial charge on any atom is -0.490 e. The van der Waals surface area contributed by atoms with Crippen LogP contribution in [-0.2, 0) is 6.54 Å². The normalized spacial score (nSPS) is 18.5. The third-order valence-corrected chi connectivity index (χ3v) is 4.14. The van der Waals surface area contributed by atoms with Gasteiger partial charge >= 0.3 is 0 Å². The Balaban J connectivity index is 1.48. The maximum absolute atomic E-state index is 5.96. The highest BCUT2D eigenvalue weighted by Gasteiger charge is 2.25. The molecule has 1 aliphatic carbocycles. The first kappa shape index (κ1) is 12.8. The number of ether oxygens (including phenoxy) is 1. The summed E-state index contributed by atoms with van der Waals surface area (Å²) in [6.07, 6.45) is 11.7. The maximum Gasteiger partial charge on any atom is 0.130 e. The van der Waals surface area contributed by atoms with Crippen LogP contribution in [-0.4, -0.2) is 45.4 Å². The first-order chi connectivity index (χ1) is 10.4. The number of rotatable bonds is 6. The lowest BCUT2D eigenvalue weighted by molar-refractivity contribution is 0.172. The van der Waals surface area contributed by atoms with Crippen molar-refractivity contribution < 1.29 is 4.74 Å². The standard InChI is InChI=1S/C16H20N4O/c1-6-19(7-1)8-9-20-12-13(10-18-20)15-11-17-5-4-16(15)21-14-2-3-14/h4-5,10-12,14H,1-3,6-9H2. The average molecular weight is 284 g/mol. The van der Waals surface area contributed by atoms with Crippen LogP contribution in [0.3, 0.4) is 0 Å². The highest BCUT2D eigenvalue weighted by molar-refractivity contribution is 5.68. The fraction of sp³-hybridized carbons (Fsp3) is 0.500. The second kappa shape index (κ2) is 5.48. The smallest absolute Gasteiger partial charge is 0.130 e. The van der Waals surface area contributed by atoms with E-state index in [1.165, 1.54) is 19.5 Å². The second-order valence-electron chi connectivity index (χ2n) is 5.88. The summed E-state index contributed by atoms with van der Waals surface area (Å²) in [5, 5.41) is 4.47. The molecule has 2 aromatic rings. The van der Waals surface area contributed by atoms with E-state index in [-0.39, 0.29) is 0 Å². The first-order valence-electron chi connectivity index (χ1n) is 7.74. The van der Waals surface area contributed by atoms with E-state index < -0.39 is 0 Å². The van der Waals surface area contributed by atoms with Crippen LogP contribution < -0.4 is 4.74 Å². The van der Waals surface area contributed by atoms with Gasteiger partial charge in [0, 0.05) is 36.3 Å². The van der Waals surface area contributed by atoms with Gasteiger partial charge in [-0.25, -0.2) is 0 Å². The lowest BCUT2D eigenvalue weighted by Crippen LogP contribution is -2.39. The fourth-order valence-electron chi connectivity index (χ4n) is 2.54. The van der Waals surface area contributed by atoms with E-state index in [0.717, 1.165) is 42.8 Å². The molecule has 5 heteroatoms. The van der Waals surface area contributed by atoms with Gasteiger partial charge in [0.2, 0.25) is 0 Å². The molecule has 0 atom stereocenters. The molecule has 0 amide bonds. The lowest BCUT2D eigenvalue weighted by atomic mass is 10.1. The highest BCUT2D eigenvalue weighted by Crippen LogP contribution is 2.33. The number of hydrogen-bond donors (Lipinski definition) is 0. The molecule has 2 aromatic heterocycles. The summed E-state index contributed by atoms with van der Waals surface area (Å²) in [5.74, 6) is 0.926. The van der Waals surface area contributed by atoms with Crippen molar-refractivity contribution in [3.63, 3.8) is 0 Å². The molecule has 1 aliphatic heterocycles. The number of pyridine rings is 1. The Kier molecular flexibility index (Phi) is 3.35. The molecular weight excluding hydrogens is 264 g/mol. The molecule has 0 bridgehead atoms. The Morgan fingerprint density at radius 1 is 1.19 bits per heavy atom. The predicted molar refractivity (Wildman–Crippen MR) is 80.2 cm³/mol. The molecule has 0 radical (unpaired) electrons. The molecule has 0 unspecified atom stereocenters. The summed E-state index contributed by atoms with van der Waals surface area (Å²) in [7, 11) is 0. The van der Waals surface area contributed by atoms with Crippen LogP contribution in [0.1, 0.15) is 19.3 Å². The van der Waals surface area contributed by atoms with E-state index in [4.69, 9.17) is 4.74 Å². The largest absolute Gasteiger partial charge is 0.490 e. The molecular formula is C16H20N4O. The van der Waals surface area contributed by atoms with E-state index in [1.54, 1.807) is 6.20 Å². The molecule has 2 aliphatic rings. The van der Waals surface area contributed by atoms with E-state index >= 15 is 0 Å². The zero-order chi connectivity index (χ0) is 14.1. The third kappa shape index (κ3) is 2.93. The summed E-state index contributed by atoms with van der Waals surface area (Å²) in [6.45, 7) is 4.49. The SMILES string of the molecule is c1cc(OC2CC2)c(-c2cnn(CCN3CCC3)c2)cn1. The minimum absolute atomic E-state index is 0.396. The molecule has 21 heavy (non-hydrogen) atoms. The third-order valence-electron chi connectivity index (χ3n) is 4.14. The zero-order valence-electron chi connectivity index (χ0n) is 12.1. The zero-order valence-corrected chi connectivity index (χ0v) is 12.1. The number of hydrogen-bond acceptors (Lipinski definition) is 4. The Morgan fingerprint density at radius 3 is 2.86 bits per heavy atom. The van der Waals surface area contributed by atoms with E-state index in [0.29, 0.717) is 6.10 Å². The van der Waals surface area contributed by atoms with Gasteiger partial charge in [0.1, 0.15) is 5.75 Å². The van der Waals surface area contributed by atoms with E-state index in [1.807, 2.05) is 23.1 Å². The van der Waals surface area contributed by atoms with Crippen molar-refractivity contribution in [1.82, 2.24) is 19.7 Å². The number of likely N-dealkylation sites (tertiary alicyclic amines) is 1. The van der Waals surface area contributed by atoms with Gasteiger partial charge in [-0.1, -0.05) is 0 Å². The van der Waals surface area contributed by atoms with Crippen LogP contribution in [0, 0.1) is 0 Å². The van der Waals surface area contributed by atoms with Gasteiger partial charge in [-0.05, 0) is 38.4 Å². The molecule has 1 saturated heterocycles. The van der Waals surface area contributed by atoms with Crippen molar-refractivity contribution in [2.75, 3.05) is 19.6 Å². The molecule has 110 valence electrons. The summed E-state index contributed by atoms with van der Waals surface area (Å²) < 4.78 is 7.98. The van der Waals surface area contributed by atoms with Gasteiger partial charge in [-0.3, -0.25) is 9.67 Å². The van der Waals surface area contributed by atoms with Gasteiger partial charge in [0.15, 0.2) is 0 Å². The average Bonchev–Trinajstić information content (AvgIpc) is 3.14. The van der Waals surface area contributed by atoms with Crippen molar-refractivity contribution >= 4 is 0 Å². The van der Waals surface area contributed by atoms with Crippen LogP contribution in [0.25, 0.3) is 11.1 Å². The Hall–Kier alpha value is -1.88. The van der Waals surface area contributed by atoms with Crippen LogP contribution in [0.5, 0.6) is 5.75 Å². The summed E-state index contributed by atoms with van der Waals surface area (Å²) >= 11 is 0. The van der Waals surface area contributed by atoms with Crippen molar-refractivity contribution in [3.8, 4) is 16.9 Å². The van der Waals surface area contributed by atoms with Crippen LogP contribution in [0.15, 0.2) is 30.9 Å². The van der Waals surface area contributed by atoms with Crippen LogP contribution >= 0.6 is 0 Å². The van der Waals surface area contributed by atoms with Gasteiger partial charge < -0.3 is 9.64 Å². The Bertz CT molecular complexity index is 616. The quantitative estimate of drug-likeness (QED) is 0.815. The van der Waals surface area contributed by atoms with Crippen LogP contribution in [0.4, 0.5) is 0 Å². The molecule has 4 rings (SSSR count). The van der Waals surface area contributed by atoms with Gasteiger partial charge in [-0.2, -0.15) is 5.10 Å². The van der Waals surface area contributed by atoms with Crippen molar-refractivity contribution in [2.24, 2.45) is 0 Å². The molecule has 0 N–H and O–H groups in total. The first-order valence-corrected chi connectivity index (χ1v) is 7.74. The summed E-state index contributed by atoms with van der Waals surface area (Å²) in [4.78, 5) is 6.68. The van der Waals surface area contributed by atoms with Crippen molar-refractivity contribution in [1.29, 1.82) is 0 Å². The fourth-order valence-corrected chi connectivity index (χ4v) is 2.54. The number of aromatic nitrogens is 3. The highest BCUT2D eigenvalue weighted by atomic mass is 16.5. The van der Waals surface area contributed by atoms with Gasteiger partial charge in [0.25, 0.3) is 0 Å². The predicted octanol–water partition coefficient (Wildman–Crippen LogP) is 2.19.